The molecule has 27 heavy (non-hydrogen) atoms. The Morgan fingerprint density at radius 3 is 2.33 bits per heavy atom. The van der Waals surface area contributed by atoms with E-state index in [1.54, 1.807) is 37.6 Å². The lowest BCUT2D eigenvalue weighted by atomic mass is 10.1. The van der Waals surface area contributed by atoms with Crippen molar-refractivity contribution in [3.63, 3.8) is 0 Å². The lowest BCUT2D eigenvalue weighted by Gasteiger charge is -2.14. The van der Waals surface area contributed by atoms with Crippen LogP contribution in [0.4, 0.5) is 17.2 Å². The van der Waals surface area contributed by atoms with Gasteiger partial charge in [-0.05, 0) is 56.2 Å². The second-order valence-corrected chi connectivity index (χ2v) is 6.49. The number of carbonyl (C=O) groups excluding carboxylic acids is 1. The minimum Gasteiger partial charge on any atom is -0.495 e. The van der Waals surface area contributed by atoms with Gasteiger partial charge in [-0.3, -0.25) is 4.79 Å². The number of amides is 1. The molecule has 1 heterocycles. The van der Waals surface area contributed by atoms with Crippen molar-refractivity contribution in [3.8, 4) is 5.75 Å². The fourth-order valence-electron chi connectivity index (χ4n) is 3.05. The predicted octanol–water partition coefficient (Wildman–Crippen LogP) is 5.01. The van der Waals surface area contributed by atoms with Crippen LogP contribution in [0.25, 0.3) is 0 Å². The van der Waals surface area contributed by atoms with E-state index in [-0.39, 0.29) is 5.91 Å². The number of pyridine rings is 1. The Hall–Kier alpha value is -3.34. The van der Waals surface area contributed by atoms with E-state index in [0.29, 0.717) is 22.8 Å². The van der Waals surface area contributed by atoms with Gasteiger partial charge < -0.3 is 15.4 Å². The molecule has 5 heteroatoms. The zero-order valence-corrected chi connectivity index (χ0v) is 16.0. The summed E-state index contributed by atoms with van der Waals surface area (Å²) in [6.07, 6.45) is 1.56. The van der Waals surface area contributed by atoms with E-state index in [1.165, 1.54) is 5.56 Å². The molecule has 0 spiro atoms. The molecule has 0 radical (unpaired) electrons. The number of carbonyl (C=O) groups is 1. The number of aryl methyl sites for hydroxylation is 3. The van der Waals surface area contributed by atoms with Crippen LogP contribution in [-0.2, 0) is 0 Å². The Morgan fingerprint density at radius 1 is 1.00 bits per heavy atom. The monoisotopic (exact) mass is 361 g/mol. The van der Waals surface area contributed by atoms with Crippen LogP contribution >= 0.6 is 0 Å². The van der Waals surface area contributed by atoms with E-state index >= 15 is 0 Å². The molecule has 0 bridgehead atoms. The SMILES string of the molecule is COc1ccccc1NC(=O)c1ccc(Nc2c(C)cc(C)cc2C)nc1. The third-order valence-corrected chi connectivity index (χ3v) is 4.31. The average Bonchev–Trinajstić information content (AvgIpc) is 2.65. The minimum absolute atomic E-state index is 0.235. The van der Waals surface area contributed by atoms with Crippen molar-refractivity contribution < 1.29 is 9.53 Å². The van der Waals surface area contributed by atoms with Crippen molar-refractivity contribution in [2.75, 3.05) is 17.7 Å². The minimum atomic E-state index is -0.235. The Morgan fingerprint density at radius 2 is 1.70 bits per heavy atom. The Kier molecular flexibility index (Phi) is 5.41. The molecule has 0 unspecified atom stereocenters. The van der Waals surface area contributed by atoms with Gasteiger partial charge in [-0.15, -0.1) is 0 Å². The maximum absolute atomic E-state index is 12.5. The summed E-state index contributed by atoms with van der Waals surface area (Å²) in [6, 6.07) is 15.1. The largest absolute Gasteiger partial charge is 0.495 e. The van der Waals surface area contributed by atoms with Crippen LogP contribution in [0.5, 0.6) is 5.75 Å². The first-order valence-electron chi connectivity index (χ1n) is 8.73. The maximum atomic E-state index is 12.5. The average molecular weight is 361 g/mol. The van der Waals surface area contributed by atoms with Gasteiger partial charge in [-0.1, -0.05) is 29.8 Å². The third-order valence-electron chi connectivity index (χ3n) is 4.31. The fraction of sp³-hybridized carbons (Fsp3) is 0.182. The van der Waals surface area contributed by atoms with E-state index in [1.807, 2.05) is 12.1 Å². The molecule has 0 aliphatic heterocycles. The number of nitrogens with zero attached hydrogens (tertiary/aromatic N) is 1. The highest BCUT2D eigenvalue weighted by atomic mass is 16.5. The van der Waals surface area contributed by atoms with Crippen LogP contribution in [0.2, 0.25) is 0 Å². The van der Waals surface area contributed by atoms with Crippen molar-refractivity contribution in [2.45, 2.75) is 20.8 Å². The molecular weight excluding hydrogens is 338 g/mol. The quantitative estimate of drug-likeness (QED) is 0.670. The Labute approximate surface area is 159 Å². The number of nitrogens with one attached hydrogen (secondary N) is 2. The Bertz CT molecular complexity index is 943. The lowest BCUT2D eigenvalue weighted by Crippen LogP contribution is -2.13. The number of rotatable bonds is 5. The summed E-state index contributed by atoms with van der Waals surface area (Å²) < 4.78 is 5.26. The number of ether oxygens (including phenoxy) is 1. The number of hydrogen-bond acceptors (Lipinski definition) is 4. The summed E-state index contributed by atoms with van der Waals surface area (Å²) in [5, 5.41) is 6.19. The normalized spacial score (nSPS) is 10.4. The first-order valence-corrected chi connectivity index (χ1v) is 8.73. The van der Waals surface area contributed by atoms with Crippen molar-refractivity contribution >= 4 is 23.1 Å². The summed E-state index contributed by atoms with van der Waals surface area (Å²) in [5.74, 6) is 1.07. The van der Waals surface area contributed by atoms with E-state index in [4.69, 9.17) is 4.74 Å². The summed E-state index contributed by atoms with van der Waals surface area (Å²) in [4.78, 5) is 16.9. The fourth-order valence-corrected chi connectivity index (χ4v) is 3.05. The molecule has 0 aliphatic carbocycles. The van der Waals surface area contributed by atoms with Crippen LogP contribution in [0.1, 0.15) is 27.0 Å². The van der Waals surface area contributed by atoms with Crippen LogP contribution in [0, 0.1) is 20.8 Å². The van der Waals surface area contributed by atoms with Gasteiger partial charge in [0.2, 0.25) is 0 Å². The zero-order valence-electron chi connectivity index (χ0n) is 16.0. The lowest BCUT2D eigenvalue weighted by molar-refractivity contribution is 0.102. The molecule has 5 nitrogen and oxygen atoms in total. The van der Waals surface area contributed by atoms with E-state index in [2.05, 4.69) is 48.5 Å². The molecule has 1 aromatic heterocycles. The van der Waals surface area contributed by atoms with Crippen molar-refractivity contribution in [1.82, 2.24) is 4.98 Å². The van der Waals surface area contributed by atoms with Gasteiger partial charge in [0.15, 0.2) is 0 Å². The van der Waals surface area contributed by atoms with Crippen LogP contribution in [0.15, 0.2) is 54.7 Å². The number of para-hydroxylation sites is 2. The smallest absolute Gasteiger partial charge is 0.257 e. The first-order chi connectivity index (χ1) is 13.0. The van der Waals surface area contributed by atoms with Crippen LogP contribution in [-0.4, -0.2) is 18.0 Å². The molecule has 1 amide bonds. The van der Waals surface area contributed by atoms with Crippen molar-refractivity contribution in [2.24, 2.45) is 0 Å². The highest BCUT2D eigenvalue weighted by Gasteiger charge is 2.11. The van der Waals surface area contributed by atoms with Gasteiger partial charge in [-0.2, -0.15) is 0 Å². The second-order valence-electron chi connectivity index (χ2n) is 6.49. The van der Waals surface area contributed by atoms with Gasteiger partial charge in [0.25, 0.3) is 5.91 Å². The number of hydrogen-bond donors (Lipinski definition) is 2. The number of benzene rings is 2. The van der Waals surface area contributed by atoms with Crippen molar-refractivity contribution in [1.29, 1.82) is 0 Å². The van der Waals surface area contributed by atoms with Gasteiger partial charge in [0.05, 0.1) is 18.4 Å². The maximum Gasteiger partial charge on any atom is 0.257 e. The molecule has 0 saturated heterocycles. The summed E-state index contributed by atoms with van der Waals surface area (Å²) in [6.45, 7) is 6.21. The molecule has 0 atom stereocenters. The molecule has 3 rings (SSSR count). The van der Waals surface area contributed by atoms with Gasteiger partial charge in [0, 0.05) is 11.9 Å². The molecule has 138 valence electrons. The number of aromatic nitrogens is 1. The highest BCUT2D eigenvalue weighted by molar-refractivity contribution is 6.04. The molecule has 0 aliphatic rings. The number of anilines is 3. The van der Waals surface area contributed by atoms with E-state index in [0.717, 1.165) is 16.8 Å². The third kappa shape index (κ3) is 4.26. The van der Waals surface area contributed by atoms with Gasteiger partial charge in [0.1, 0.15) is 11.6 Å². The molecule has 2 aromatic carbocycles. The van der Waals surface area contributed by atoms with Crippen LogP contribution in [0.3, 0.4) is 0 Å². The zero-order chi connectivity index (χ0) is 19.4. The predicted molar refractivity (Wildman–Crippen MR) is 109 cm³/mol. The van der Waals surface area contributed by atoms with Crippen LogP contribution < -0.4 is 15.4 Å². The Balaban J connectivity index is 1.75. The number of methoxy groups -OCH3 is 1. The van der Waals surface area contributed by atoms with E-state index in [9.17, 15) is 4.79 Å². The summed E-state index contributed by atoms with van der Waals surface area (Å²) in [5.41, 5.74) is 5.69. The topological polar surface area (TPSA) is 63.2 Å². The van der Waals surface area contributed by atoms with Gasteiger partial charge >= 0.3 is 0 Å². The highest BCUT2D eigenvalue weighted by Crippen LogP contribution is 2.26. The molecule has 3 aromatic rings. The molecule has 2 N–H and O–H groups in total. The van der Waals surface area contributed by atoms with E-state index < -0.39 is 0 Å². The molecular formula is C22H23N3O2. The molecule has 0 saturated carbocycles. The van der Waals surface area contributed by atoms with Gasteiger partial charge in [-0.25, -0.2) is 4.98 Å². The summed E-state index contributed by atoms with van der Waals surface area (Å²) >= 11 is 0. The summed E-state index contributed by atoms with van der Waals surface area (Å²) in [7, 11) is 1.57. The standard InChI is InChI=1S/C22H23N3O2/c1-14-11-15(2)21(16(3)12-14)25-20-10-9-17(13-23-20)22(26)24-18-7-5-6-8-19(18)27-4/h5-13H,1-4H3,(H,23,25)(H,24,26). The first kappa shape index (κ1) is 18.5. The second kappa shape index (κ2) is 7.91. The molecule has 0 fully saturated rings. The van der Waals surface area contributed by atoms with Crippen molar-refractivity contribution in [3.05, 3.63) is 77.0 Å².